The summed E-state index contributed by atoms with van der Waals surface area (Å²) in [5.74, 6) is -0.260. The molecule has 0 atom stereocenters. The molecule has 0 aliphatic carbocycles. The van der Waals surface area contributed by atoms with Gasteiger partial charge in [-0.05, 0) is 6.07 Å². The molecule has 0 aliphatic rings. The summed E-state index contributed by atoms with van der Waals surface area (Å²) in [6.45, 7) is 0. The number of nitro groups is 1. The second kappa shape index (κ2) is 4.95. The van der Waals surface area contributed by atoms with Crippen LogP contribution in [0.5, 0.6) is 0 Å². The minimum Gasteiger partial charge on any atom is -0.400 e. The second-order valence-electron chi connectivity index (χ2n) is 3.18. The summed E-state index contributed by atoms with van der Waals surface area (Å²) in [5, 5.41) is 14.1. The molecule has 0 saturated carbocycles. The Morgan fingerprint density at radius 1 is 1.32 bits per heavy atom. The van der Waals surface area contributed by atoms with E-state index in [0.29, 0.717) is 0 Å². The number of furan rings is 1. The maximum Gasteiger partial charge on any atom is 0.433 e. The molecule has 2 aromatic rings. The minimum atomic E-state index is -0.655. The second-order valence-corrected chi connectivity index (χ2v) is 3.18. The molecule has 0 saturated heterocycles. The Kier molecular flexibility index (Phi) is 3.18. The lowest BCUT2D eigenvalue weighted by Crippen LogP contribution is -2.06. The molecule has 0 bridgehead atoms. The van der Waals surface area contributed by atoms with E-state index in [4.69, 9.17) is 15.9 Å². The Morgan fingerprint density at radius 2 is 2.00 bits per heavy atom. The van der Waals surface area contributed by atoms with Gasteiger partial charge in [-0.1, -0.05) is 0 Å². The van der Waals surface area contributed by atoms with Crippen LogP contribution in [-0.4, -0.2) is 26.1 Å². The quantitative estimate of drug-likeness (QED) is 0.389. The third-order valence-electron chi connectivity index (χ3n) is 1.82. The van der Waals surface area contributed by atoms with Gasteiger partial charge in [0.2, 0.25) is 17.8 Å². The molecule has 11 nitrogen and oxygen atoms in total. The highest BCUT2D eigenvalue weighted by atomic mass is 16.6. The predicted octanol–water partition coefficient (Wildman–Crippen LogP) is -0.0168. The third kappa shape index (κ3) is 3.12. The Morgan fingerprint density at radius 3 is 2.58 bits per heavy atom. The normalized spacial score (nSPS) is 10.7. The van der Waals surface area contributed by atoms with Crippen LogP contribution in [0.1, 0.15) is 5.76 Å². The van der Waals surface area contributed by atoms with Crippen LogP contribution in [0.4, 0.5) is 23.7 Å². The molecule has 0 unspecified atom stereocenters. The smallest absolute Gasteiger partial charge is 0.400 e. The van der Waals surface area contributed by atoms with Crippen molar-refractivity contribution in [3.8, 4) is 0 Å². The summed E-state index contributed by atoms with van der Waals surface area (Å²) < 4.78 is 4.84. The molecule has 2 heterocycles. The fourth-order valence-corrected chi connectivity index (χ4v) is 1.12. The molecule has 0 fully saturated rings. The van der Waals surface area contributed by atoms with Crippen LogP contribution in [0, 0.1) is 10.1 Å². The zero-order valence-electron chi connectivity index (χ0n) is 9.35. The summed E-state index contributed by atoms with van der Waals surface area (Å²) in [6, 6.07) is 2.60. The monoisotopic (exact) mass is 264 g/mol. The summed E-state index contributed by atoms with van der Waals surface area (Å²) >= 11 is 0. The molecular weight excluding hydrogens is 256 g/mol. The molecular formula is C8H8N8O3. The lowest BCUT2D eigenvalue weighted by molar-refractivity contribution is -0.402. The van der Waals surface area contributed by atoms with Gasteiger partial charge < -0.3 is 15.9 Å². The van der Waals surface area contributed by atoms with E-state index in [2.05, 4.69) is 25.5 Å². The standard InChI is InChI=1S/C8H8N8O3/c9-6-12-7(10)14-8(13-6)15-11-3-4-1-2-5(19-4)16(17)18/h1-3H,(H5,9,10,12,13,14,15)/b11-3+. The van der Waals surface area contributed by atoms with Gasteiger partial charge in [0.25, 0.3) is 0 Å². The predicted molar refractivity (Wildman–Crippen MR) is 65.2 cm³/mol. The lowest BCUT2D eigenvalue weighted by Gasteiger charge is -1.99. The number of hydrogen-bond acceptors (Lipinski definition) is 10. The number of aromatic nitrogens is 3. The van der Waals surface area contributed by atoms with Crippen molar-refractivity contribution < 1.29 is 9.34 Å². The van der Waals surface area contributed by atoms with Crippen molar-refractivity contribution in [2.75, 3.05) is 16.9 Å². The van der Waals surface area contributed by atoms with E-state index in [1.807, 2.05) is 0 Å². The van der Waals surface area contributed by atoms with E-state index in [1.54, 1.807) is 0 Å². The first-order valence-corrected chi connectivity index (χ1v) is 4.85. The van der Waals surface area contributed by atoms with Crippen molar-refractivity contribution in [2.45, 2.75) is 0 Å². The zero-order valence-corrected chi connectivity index (χ0v) is 9.35. The maximum atomic E-state index is 10.4. The SMILES string of the molecule is Nc1nc(N)nc(N/N=C/c2ccc([N+](=O)[O-])o2)n1. The Bertz CT molecular complexity index is 616. The van der Waals surface area contributed by atoms with Gasteiger partial charge in [-0.15, -0.1) is 0 Å². The van der Waals surface area contributed by atoms with E-state index in [9.17, 15) is 10.1 Å². The Hall–Kier alpha value is -3.24. The summed E-state index contributed by atoms with van der Waals surface area (Å²) in [5.41, 5.74) is 13.1. The van der Waals surface area contributed by atoms with E-state index < -0.39 is 4.92 Å². The molecule has 0 aromatic carbocycles. The number of hydrazone groups is 1. The van der Waals surface area contributed by atoms with Gasteiger partial charge in [0, 0.05) is 0 Å². The van der Waals surface area contributed by atoms with E-state index in [0.717, 1.165) is 0 Å². The number of nitrogen functional groups attached to an aromatic ring is 2. The van der Waals surface area contributed by atoms with Crippen LogP contribution in [-0.2, 0) is 0 Å². The van der Waals surface area contributed by atoms with E-state index >= 15 is 0 Å². The molecule has 0 spiro atoms. The molecule has 2 aromatic heterocycles. The molecule has 0 amide bonds. The van der Waals surface area contributed by atoms with Gasteiger partial charge >= 0.3 is 5.88 Å². The van der Waals surface area contributed by atoms with Gasteiger partial charge in [-0.25, -0.2) is 5.43 Å². The first kappa shape index (κ1) is 12.2. The van der Waals surface area contributed by atoms with Gasteiger partial charge in [0.1, 0.15) is 4.92 Å². The minimum absolute atomic E-state index is 0.0438. The average Bonchev–Trinajstić information content (AvgIpc) is 2.76. The number of anilines is 3. The Labute approximate surface area is 105 Å². The molecule has 2 rings (SSSR count). The van der Waals surface area contributed by atoms with Crippen molar-refractivity contribution in [3.05, 3.63) is 28.0 Å². The van der Waals surface area contributed by atoms with Crippen LogP contribution in [0.2, 0.25) is 0 Å². The molecule has 0 aliphatic heterocycles. The zero-order chi connectivity index (χ0) is 13.8. The fourth-order valence-electron chi connectivity index (χ4n) is 1.12. The van der Waals surface area contributed by atoms with Crippen LogP contribution in [0.25, 0.3) is 0 Å². The van der Waals surface area contributed by atoms with Crippen LogP contribution < -0.4 is 16.9 Å². The molecule has 11 heteroatoms. The summed E-state index contributed by atoms with van der Waals surface area (Å²) in [6.07, 6.45) is 1.21. The summed E-state index contributed by atoms with van der Waals surface area (Å²) in [4.78, 5) is 20.7. The van der Waals surface area contributed by atoms with Crippen molar-refractivity contribution in [1.29, 1.82) is 0 Å². The largest absolute Gasteiger partial charge is 0.433 e. The summed E-state index contributed by atoms with van der Waals surface area (Å²) in [7, 11) is 0. The van der Waals surface area contributed by atoms with E-state index in [-0.39, 0.29) is 29.5 Å². The number of hydrogen-bond donors (Lipinski definition) is 3. The number of nitrogens with zero attached hydrogens (tertiary/aromatic N) is 5. The van der Waals surface area contributed by atoms with Crippen molar-refractivity contribution >= 4 is 29.9 Å². The molecule has 98 valence electrons. The van der Waals surface area contributed by atoms with Gasteiger partial charge in [-0.2, -0.15) is 20.1 Å². The van der Waals surface area contributed by atoms with Crippen molar-refractivity contribution in [1.82, 2.24) is 15.0 Å². The molecule has 19 heavy (non-hydrogen) atoms. The number of rotatable bonds is 4. The third-order valence-corrected chi connectivity index (χ3v) is 1.82. The lowest BCUT2D eigenvalue weighted by atomic mass is 10.5. The van der Waals surface area contributed by atoms with E-state index in [1.165, 1.54) is 18.3 Å². The fraction of sp³-hybridized carbons (Fsp3) is 0. The van der Waals surface area contributed by atoms with Gasteiger partial charge in [0.15, 0.2) is 5.76 Å². The van der Waals surface area contributed by atoms with Gasteiger partial charge in [0.05, 0.1) is 12.3 Å². The van der Waals surface area contributed by atoms with Crippen LogP contribution >= 0.6 is 0 Å². The average molecular weight is 264 g/mol. The van der Waals surface area contributed by atoms with Gasteiger partial charge in [-0.3, -0.25) is 10.1 Å². The van der Waals surface area contributed by atoms with Crippen molar-refractivity contribution in [3.63, 3.8) is 0 Å². The Balaban J connectivity index is 2.04. The van der Waals surface area contributed by atoms with Crippen LogP contribution in [0.15, 0.2) is 21.7 Å². The topological polar surface area (TPSA) is 171 Å². The number of nitrogens with two attached hydrogens (primary N) is 2. The van der Waals surface area contributed by atoms with Crippen LogP contribution in [0.3, 0.4) is 0 Å². The first-order valence-electron chi connectivity index (χ1n) is 4.85. The highest BCUT2D eigenvalue weighted by molar-refractivity contribution is 5.76. The van der Waals surface area contributed by atoms with Crippen molar-refractivity contribution in [2.24, 2.45) is 5.10 Å². The first-order chi connectivity index (χ1) is 9.04. The number of nitrogens with one attached hydrogen (secondary N) is 1. The highest BCUT2D eigenvalue weighted by Gasteiger charge is 2.10. The maximum absolute atomic E-state index is 10.4. The molecule has 0 radical (unpaired) electrons. The highest BCUT2D eigenvalue weighted by Crippen LogP contribution is 2.13. The molecule has 5 N–H and O–H groups in total.